The summed E-state index contributed by atoms with van der Waals surface area (Å²) in [6.45, 7) is 0.553. The molecule has 3 heterocycles. The molecule has 0 aliphatic rings. The van der Waals surface area contributed by atoms with Crippen LogP contribution in [-0.2, 0) is 6.54 Å². The van der Waals surface area contributed by atoms with Crippen molar-refractivity contribution >= 4 is 17.3 Å². The second-order valence-electron chi connectivity index (χ2n) is 3.80. The molecule has 6 nitrogen and oxygen atoms in total. The monoisotopic (exact) mass is 275 g/mol. The fraction of sp³-hybridized carbons (Fsp3) is 0.0833. The molecule has 0 saturated heterocycles. The van der Waals surface area contributed by atoms with Crippen molar-refractivity contribution in [3.05, 3.63) is 54.1 Å². The predicted octanol–water partition coefficient (Wildman–Crippen LogP) is 2.52. The lowest BCUT2D eigenvalue weighted by atomic mass is 10.3. The van der Waals surface area contributed by atoms with Crippen molar-refractivity contribution in [1.29, 1.82) is 0 Å². The second-order valence-corrected chi connectivity index (χ2v) is 4.18. The summed E-state index contributed by atoms with van der Waals surface area (Å²) in [5.41, 5.74) is 0.886. The summed E-state index contributed by atoms with van der Waals surface area (Å²) < 4.78 is 6.84. The highest BCUT2D eigenvalue weighted by Gasteiger charge is 2.01. The van der Waals surface area contributed by atoms with E-state index in [1.807, 2.05) is 18.2 Å². The van der Waals surface area contributed by atoms with E-state index in [-0.39, 0.29) is 0 Å². The minimum absolute atomic E-state index is 0.386. The molecule has 0 amide bonds. The first-order valence-electron chi connectivity index (χ1n) is 5.60. The number of aromatic nitrogens is 4. The van der Waals surface area contributed by atoms with Gasteiger partial charge in [-0.25, -0.2) is 14.6 Å². The average Bonchev–Trinajstić information content (AvgIpc) is 3.08. The molecular formula is C12H10ClN5O. The zero-order valence-electron chi connectivity index (χ0n) is 9.82. The smallest absolute Gasteiger partial charge is 0.193 e. The molecule has 3 aromatic heterocycles. The molecule has 7 heteroatoms. The lowest BCUT2D eigenvalue weighted by Gasteiger charge is -2.05. The van der Waals surface area contributed by atoms with Crippen molar-refractivity contribution in [3.63, 3.8) is 0 Å². The van der Waals surface area contributed by atoms with Gasteiger partial charge < -0.3 is 9.73 Å². The van der Waals surface area contributed by atoms with Crippen LogP contribution in [0.1, 0.15) is 5.76 Å². The van der Waals surface area contributed by atoms with Gasteiger partial charge in [0.05, 0.1) is 18.4 Å². The van der Waals surface area contributed by atoms with Crippen molar-refractivity contribution in [2.24, 2.45) is 0 Å². The van der Waals surface area contributed by atoms with Gasteiger partial charge in [-0.2, -0.15) is 5.10 Å². The normalized spacial score (nSPS) is 10.6. The maximum Gasteiger partial charge on any atom is 0.193 e. The van der Waals surface area contributed by atoms with Gasteiger partial charge in [-0.1, -0.05) is 0 Å². The summed E-state index contributed by atoms with van der Waals surface area (Å²) in [7, 11) is 0. The molecule has 3 aromatic rings. The van der Waals surface area contributed by atoms with Gasteiger partial charge in [-0.3, -0.25) is 0 Å². The summed E-state index contributed by atoms with van der Waals surface area (Å²) in [6, 6.07) is 7.30. The summed E-state index contributed by atoms with van der Waals surface area (Å²) >= 11 is 5.70. The zero-order chi connectivity index (χ0) is 13.1. The number of halogens is 1. The molecule has 1 N–H and O–H groups in total. The topological polar surface area (TPSA) is 68.8 Å². The van der Waals surface area contributed by atoms with Crippen molar-refractivity contribution in [3.8, 4) is 5.82 Å². The highest BCUT2D eigenvalue weighted by Crippen LogP contribution is 2.15. The quantitative estimate of drug-likeness (QED) is 0.792. The molecule has 0 bridgehead atoms. The number of pyridine rings is 1. The zero-order valence-corrected chi connectivity index (χ0v) is 10.6. The van der Waals surface area contributed by atoms with Gasteiger partial charge in [0.2, 0.25) is 0 Å². The third-order valence-electron chi connectivity index (χ3n) is 2.50. The van der Waals surface area contributed by atoms with Crippen molar-refractivity contribution < 1.29 is 4.42 Å². The Morgan fingerprint density at radius 2 is 2.21 bits per heavy atom. The predicted molar refractivity (Wildman–Crippen MR) is 70.2 cm³/mol. The molecular weight excluding hydrogens is 266 g/mol. The first-order chi connectivity index (χ1) is 9.31. The summed E-state index contributed by atoms with van der Waals surface area (Å²) in [6.07, 6.45) is 4.79. The van der Waals surface area contributed by atoms with Crippen LogP contribution in [0.4, 0.5) is 5.69 Å². The van der Waals surface area contributed by atoms with Crippen LogP contribution in [0.15, 0.2) is 47.5 Å². The van der Waals surface area contributed by atoms with E-state index in [9.17, 15) is 0 Å². The Morgan fingerprint density at radius 1 is 1.26 bits per heavy atom. The number of nitrogens with zero attached hydrogens (tertiary/aromatic N) is 4. The van der Waals surface area contributed by atoms with Gasteiger partial charge in [0, 0.05) is 0 Å². The Bertz CT molecular complexity index is 647. The van der Waals surface area contributed by atoms with Crippen LogP contribution in [-0.4, -0.2) is 19.7 Å². The first kappa shape index (κ1) is 11.7. The van der Waals surface area contributed by atoms with Gasteiger partial charge in [-0.05, 0) is 35.9 Å². The molecule has 0 unspecified atom stereocenters. The van der Waals surface area contributed by atoms with Crippen molar-refractivity contribution in [2.75, 3.05) is 5.32 Å². The Kier molecular flexibility index (Phi) is 3.16. The SMILES string of the molecule is Clc1ccc(CNc2ccc(-n3cncn3)nc2)o1. The van der Waals surface area contributed by atoms with E-state index in [0.717, 1.165) is 11.4 Å². The molecule has 0 aliphatic heterocycles. The summed E-state index contributed by atoms with van der Waals surface area (Å²) in [4.78, 5) is 8.15. The van der Waals surface area contributed by atoms with E-state index in [2.05, 4.69) is 20.4 Å². The van der Waals surface area contributed by atoms with E-state index < -0.39 is 0 Å². The second kappa shape index (κ2) is 5.11. The molecule has 0 spiro atoms. The average molecular weight is 276 g/mol. The number of nitrogens with one attached hydrogen (secondary N) is 1. The Balaban J connectivity index is 1.66. The van der Waals surface area contributed by atoms with Crippen LogP contribution in [0.3, 0.4) is 0 Å². The Labute approximate surface area is 114 Å². The van der Waals surface area contributed by atoms with E-state index in [1.165, 1.54) is 6.33 Å². The maximum absolute atomic E-state index is 5.70. The highest BCUT2D eigenvalue weighted by molar-refractivity contribution is 6.28. The van der Waals surface area contributed by atoms with E-state index in [1.54, 1.807) is 23.3 Å². The first-order valence-corrected chi connectivity index (χ1v) is 5.98. The van der Waals surface area contributed by atoms with E-state index >= 15 is 0 Å². The Morgan fingerprint density at radius 3 is 2.84 bits per heavy atom. The van der Waals surface area contributed by atoms with Crippen molar-refractivity contribution in [2.45, 2.75) is 6.54 Å². The third-order valence-corrected chi connectivity index (χ3v) is 2.70. The van der Waals surface area contributed by atoms with Crippen LogP contribution in [0.5, 0.6) is 0 Å². The molecule has 0 aliphatic carbocycles. The number of hydrogen-bond donors (Lipinski definition) is 1. The van der Waals surface area contributed by atoms with E-state index in [0.29, 0.717) is 17.6 Å². The van der Waals surface area contributed by atoms with Crippen LogP contribution >= 0.6 is 11.6 Å². The minimum atomic E-state index is 0.386. The lowest BCUT2D eigenvalue weighted by molar-refractivity contribution is 0.520. The van der Waals surface area contributed by atoms with Crippen molar-refractivity contribution in [1.82, 2.24) is 19.7 Å². The summed E-state index contributed by atoms with van der Waals surface area (Å²) in [5.74, 6) is 1.48. The Hall–Kier alpha value is -2.34. The van der Waals surface area contributed by atoms with Gasteiger partial charge in [-0.15, -0.1) is 0 Å². The number of anilines is 1. The number of rotatable bonds is 4. The van der Waals surface area contributed by atoms with Crippen LogP contribution < -0.4 is 5.32 Å². The standard InChI is InChI=1S/C12H10ClN5O/c13-11-3-2-10(19-11)6-15-9-1-4-12(16-5-9)18-8-14-7-17-18/h1-5,7-8,15H,6H2. The molecule has 0 atom stereocenters. The summed E-state index contributed by atoms with van der Waals surface area (Å²) in [5, 5.41) is 7.58. The molecule has 96 valence electrons. The van der Waals surface area contributed by atoms with Gasteiger partial charge in [0.15, 0.2) is 11.0 Å². The molecule has 3 rings (SSSR count). The fourth-order valence-electron chi connectivity index (χ4n) is 1.59. The maximum atomic E-state index is 5.70. The molecule has 0 radical (unpaired) electrons. The van der Waals surface area contributed by atoms with Gasteiger partial charge in [0.1, 0.15) is 18.4 Å². The molecule has 0 saturated carbocycles. The minimum Gasteiger partial charge on any atom is -0.448 e. The van der Waals surface area contributed by atoms with Crippen LogP contribution in [0.25, 0.3) is 5.82 Å². The molecule has 19 heavy (non-hydrogen) atoms. The number of furan rings is 1. The molecule has 0 fully saturated rings. The third kappa shape index (κ3) is 2.74. The van der Waals surface area contributed by atoms with Gasteiger partial charge >= 0.3 is 0 Å². The number of hydrogen-bond acceptors (Lipinski definition) is 5. The largest absolute Gasteiger partial charge is 0.448 e. The molecule has 0 aromatic carbocycles. The van der Waals surface area contributed by atoms with Crippen LogP contribution in [0, 0.1) is 0 Å². The van der Waals surface area contributed by atoms with Gasteiger partial charge in [0.25, 0.3) is 0 Å². The van der Waals surface area contributed by atoms with E-state index in [4.69, 9.17) is 16.0 Å². The fourth-order valence-corrected chi connectivity index (χ4v) is 1.75. The van der Waals surface area contributed by atoms with Crippen LogP contribution in [0.2, 0.25) is 5.22 Å². The lowest BCUT2D eigenvalue weighted by Crippen LogP contribution is -2.01. The highest BCUT2D eigenvalue weighted by atomic mass is 35.5.